The summed E-state index contributed by atoms with van der Waals surface area (Å²) in [5, 5.41) is 0. The fourth-order valence-corrected chi connectivity index (χ4v) is 1.93. The standard InChI is InChI=1S/C10H22N2OS/c1-5-14-7-6-8(2)12(4)10(13)9(3)11/h8-9H,5-7,11H2,1-4H3/t8?,9-/m0/s1. The number of hydrogen-bond donors (Lipinski definition) is 1. The van der Waals surface area contributed by atoms with Gasteiger partial charge < -0.3 is 10.6 Å². The average Bonchev–Trinajstić information content (AvgIpc) is 2.15. The molecule has 0 bridgehead atoms. The van der Waals surface area contributed by atoms with Gasteiger partial charge in [-0.2, -0.15) is 11.8 Å². The first-order valence-electron chi connectivity index (χ1n) is 5.10. The van der Waals surface area contributed by atoms with Crippen molar-refractivity contribution in [3.63, 3.8) is 0 Å². The molecule has 14 heavy (non-hydrogen) atoms. The fraction of sp³-hybridized carbons (Fsp3) is 0.900. The Morgan fingerprint density at radius 3 is 2.50 bits per heavy atom. The molecule has 0 aliphatic rings. The lowest BCUT2D eigenvalue weighted by atomic mass is 10.2. The summed E-state index contributed by atoms with van der Waals surface area (Å²) in [6.45, 7) is 5.94. The van der Waals surface area contributed by atoms with Crippen LogP contribution >= 0.6 is 11.8 Å². The monoisotopic (exact) mass is 218 g/mol. The number of thioether (sulfide) groups is 1. The maximum atomic E-state index is 11.5. The zero-order chi connectivity index (χ0) is 11.1. The van der Waals surface area contributed by atoms with Gasteiger partial charge in [0.1, 0.15) is 0 Å². The molecular formula is C10H22N2OS. The smallest absolute Gasteiger partial charge is 0.239 e. The molecule has 0 fully saturated rings. The predicted molar refractivity (Wildman–Crippen MR) is 63.5 cm³/mol. The number of nitrogens with two attached hydrogens (primary N) is 1. The minimum Gasteiger partial charge on any atom is -0.342 e. The molecule has 0 aliphatic heterocycles. The van der Waals surface area contributed by atoms with Crippen LogP contribution in [0.4, 0.5) is 0 Å². The second-order valence-corrected chi connectivity index (χ2v) is 4.97. The van der Waals surface area contributed by atoms with Gasteiger partial charge in [-0.05, 0) is 31.8 Å². The van der Waals surface area contributed by atoms with Crippen molar-refractivity contribution < 1.29 is 4.79 Å². The van der Waals surface area contributed by atoms with Crippen LogP contribution in [0, 0.1) is 0 Å². The van der Waals surface area contributed by atoms with Crippen LogP contribution in [-0.2, 0) is 4.79 Å². The van der Waals surface area contributed by atoms with Crippen LogP contribution in [0.3, 0.4) is 0 Å². The quantitative estimate of drug-likeness (QED) is 0.684. The van der Waals surface area contributed by atoms with E-state index in [0.29, 0.717) is 0 Å². The Morgan fingerprint density at radius 2 is 2.07 bits per heavy atom. The fourth-order valence-electron chi connectivity index (χ4n) is 1.13. The lowest BCUT2D eigenvalue weighted by molar-refractivity contribution is -0.132. The van der Waals surface area contributed by atoms with Crippen LogP contribution in [0.1, 0.15) is 27.2 Å². The second kappa shape index (κ2) is 7.12. The van der Waals surface area contributed by atoms with Crippen molar-refractivity contribution in [3.8, 4) is 0 Å². The molecule has 2 atom stereocenters. The zero-order valence-electron chi connectivity index (χ0n) is 9.62. The SMILES string of the molecule is CCSCCC(C)N(C)C(=O)[C@H](C)N. The van der Waals surface area contributed by atoms with E-state index in [1.54, 1.807) is 11.8 Å². The third kappa shape index (κ3) is 4.86. The Balaban J connectivity index is 3.86. The number of likely N-dealkylation sites (N-methyl/N-ethyl adjacent to an activating group) is 1. The molecule has 84 valence electrons. The molecule has 0 aromatic heterocycles. The Hall–Kier alpha value is -0.220. The highest BCUT2D eigenvalue weighted by Crippen LogP contribution is 2.08. The average molecular weight is 218 g/mol. The lowest BCUT2D eigenvalue weighted by Gasteiger charge is -2.26. The maximum absolute atomic E-state index is 11.5. The Bertz CT molecular complexity index is 174. The highest BCUT2D eigenvalue weighted by atomic mass is 32.2. The van der Waals surface area contributed by atoms with E-state index in [2.05, 4.69) is 13.8 Å². The highest BCUT2D eigenvalue weighted by Gasteiger charge is 2.18. The first-order valence-corrected chi connectivity index (χ1v) is 6.26. The van der Waals surface area contributed by atoms with Crippen molar-refractivity contribution in [2.45, 2.75) is 39.3 Å². The van der Waals surface area contributed by atoms with Crippen molar-refractivity contribution >= 4 is 17.7 Å². The van der Waals surface area contributed by atoms with E-state index >= 15 is 0 Å². The van der Waals surface area contributed by atoms with Gasteiger partial charge in [0.15, 0.2) is 0 Å². The van der Waals surface area contributed by atoms with Crippen LogP contribution in [0.25, 0.3) is 0 Å². The molecule has 2 N–H and O–H groups in total. The number of nitrogens with zero attached hydrogens (tertiary/aromatic N) is 1. The van der Waals surface area contributed by atoms with E-state index < -0.39 is 0 Å². The summed E-state index contributed by atoms with van der Waals surface area (Å²) in [5.41, 5.74) is 5.53. The molecule has 0 aromatic rings. The summed E-state index contributed by atoms with van der Waals surface area (Å²) >= 11 is 1.90. The second-order valence-electron chi connectivity index (χ2n) is 3.57. The van der Waals surface area contributed by atoms with Gasteiger partial charge in [0.05, 0.1) is 6.04 Å². The van der Waals surface area contributed by atoms with Crippen LogP contribution in [-0.4, -0.2) is 41.4 Å². The molecule has 3 nitrogen and oxygen atoms in total. The molecule has 0 saturated carbocycles. The van der Waals surface area contributed by atoms with E-state index in [1.807, 2.05) is 18.8 Å². The Kier molecular flexibility index (Phi) is 7.01. The third-order valence-corrected chi connectivity index (χ3v) is 3.22. The first kappa shape index (κ1) is 13.8. The Morgan fingerprint density at radius 1 is 1.50 bits per heavy atom. The molecule has 0 aromatic carbocycles. The van der Waals surface area contributed by atoms with Crippen molar-refractivity contribution in [1.82, 2.24) is 4.90 Å². The van der Waals surface area contributed by atoms with Crippen LogP contribution in [0.2, 0.25) is 0 Å². The van der Waals surface area contributed by atoms with E-state index in [9.17, 15) is 4.79 Å². The molecule has 0 spiro atoms. The minimum absolute atomic E-state index is 0.0269. The molecule has 0 aliphatic carbocycles. The van der Waals surface area contributed by atoms with E-state index in [4.69, 9.17) is 5.73 Å². The number of hydrogen-bond acceptors (Lipinski definition) is 3. The van der Waals surface area contributed by atoms with Gasteiger partial charge >= 0.3 is 0 Å². The third-order valence-electron chi connectivity index (χ3n) is 2.28. The predicted octanol–water partition coefficient (Wildman–Crippen LogP) is 1.32. The van der Waals surface area contributed by atoms with Gasteiger partial charge in [-0.15, -0.1) is 0 Å². The zero-order valence-corrected chi connectivity index (χ0v) is 10.4. The summed E-state index contributed by atoms with van der Waals surface area (Å²) in [4.78, 5) is 13.3. The first-order chi connectivity index (χ1) is 6.50. The highest BCUT2D eigenvalue weighted by molar-refractivity contribution is 7.99. The normalized spacial score (nSPS) is 14.9. The summed E-state index contributed by atoms with van der Waals surface area (Å²) in [5.74, 6) is 2.27. The van der Waals surface area contributed by atoms with Crippen molar-refractivity contribution in [1.29, 1.82) is 0 Å². The van der Waals surface area contributed by atoms with E-state index in [-0.39, 0.29) is 18.0 Å². The number of rotatable bonds is 6. The molecule has 1 amide bonds. The van der Waals surface area contributed by atoms with Gasteiger partial charge in [-0.1, -0.05) is 6.92 Å². The van der Waals surface area contributed by atoms with Crippen LogP contribution < -0.4 is 5.73 Å². The summed E-state index contributed by atoms with van der Waals surface area (Å²) in [6.07, 6.45) is 1.04. The van der Waals surface area contributed by atoms with E-state index in [0.717, 1.165) is 17.9 Å². The van der Waals surface area contributed by atoms with Gasteiger partial charge in [-0.3, -0.25) is 4.79 Å². The summed E-state index contributed by atoms with van der Waals surface area (Å²) < 4.78 is 0. The van der Waals surface area contributed by atoms with E-state index in [1.165, 1.54) is 0 Å². The lowest BCUT2D eigenvalue weighted by Crippen LogP contribution is -2.44. The van der Waals surface area contributed by atoms with Gasteiger partial charge in [0.2, 0.25) is 5.91 Å². The number of carbonyl (C=O) groups excluding carboxylic acids is 1. The largest absolute Gasteiger partial charge is 0.342 e. The molecular weight excluding hydrogens is 196 g/mol. The molecule has 0 saturated heterocycles. The van der Waals surface area contributed by atoms with Crippen molar-refractivity contribution in [2.75, 3.05) is 18.6 Å². The molecule has 1 unspecified atom stereocenters. The van der Waals surface area contributed by atoms with Gasteiger partial charge in [0, 0.05) is 13.1 Å². The molecule has 0 rings (SSSR count). The molecule has 0 radical (unpaired) electrons. The van der Waals surface area contributed by atoms with Crippen LogP contribution in [0.5, 0.6) is 0 Å². The Labute approximate surface area is 91.4 Å². The summed E-state index contributed by atoms with van der Waals surface area (Å²) in [7, 11) is 1.83. The van der Waals surface area contributed by atoms with Gasteiger partial charge in [-0.25, -0.2) is 0 Å². The van der Waals surface area contributed by atoms with Crippen molar-refractivity contribution in [3.05, 3.63) is 0 Å². The summed E-state index contributed by atoms with van der Waals surface area (Å²) in [6, 6.07) is -0.103. The molecule has 4 heteroatoms. The van der Waals surface area contributed by atoms with Crippen LogP contribution in [0.15, 0.2) is 0 Å². The van der Waals surface area contributed by atoms with Gasteiger partial charge in [0.25, 0.3) is 0 Å². The topological polar surface area (TPSA) is 46.3 Å². The minimum atomic E-state index is -0.388. The number of carbonyl (C=O) groups is 1. The number of amides is 1. The molecule has 0 heterocycles. The maximum Gasteiger partial charge on any atom is 0.239 e. The van der Waals surface area contributed by atoms with Crippen molar-refractivity contribution in [2.24, 2.45) is 5.73 Å².